The quantitative estimate of drug-likeness (QED) is 0.869. The van der Waals surface area contributed by atoms with Crippen LogP contribution in [0.3, 0.4) is 0 Å². The smallest absolute Gasteiger partial charge is 0.123 e. The highest BCUT2D eigenvalue weighted by Crippen LogP contribution is 2.42. The number of benzene rings is 1. The van der Waals surface area contributed by atoms with Gasteiger partial charge in [-0.25, -0.2) is 0 Å². The highest BCUT2D eigenvalue weighted by molar-refractivity contribution is 5.41. The zero-order chi connectivity index (χ0) is 14.8. The van der Waals surface area contributed by atoms with Crippen LogP contribution in [0.1, 0.15) is 57.6 Å². The lowest BCUT2D eigenvalue weighted by Gasteiger charge is -2.43. The molecular formula is C18H29NO. The van der Waals surface area contributed by atoms with Crippen molar-refractivity contribution in [1.82, 2.24) is 5.32 Å². The van der Waals surface area contributed by atoms with E-state index in [0.717, 1.165) is 18.7 Å². The van der Waals surface area contributed by atoms with Gasteiger partial charge >= 0.3 is 0 Å². The summed E-state index contributed by atoms with van der Waals surface area (Å²) < 4.78 is 6.51. The predicted molar refractivity (Wildman–Crippen MR) is 85.6 cm³/mol. The maximum atomic E-state index is 6.51. The number of rotatable bonds is 5. The van der Waals surface area contributed by atoms with Crippen LogP contribution in [-0.4, -0.2) is 19.2 Å². The van der Waals surface area contributed by atoms with Gasteiger partial charge in [0.1, 0.15) is 11.4 Å². The Balaban J connectivity index is 2.24. The van der Waals surface area contributed by atoms with Gasteiger partial charge in [0, 0.05) is 0 Å². The molecule has 0 heterocycles. The Morgan fingerprint density at radius 3 is 2.45 bits per heavy atom. The van der Waals surface area contributed by atoms with E-state index < -0.39 is 0 Å². The SMILES string of the molecule is CNCCC1(Oc2ccc(C)cc2C(C)(C)C)CCC1. The van der Waals surface area contributed by atoms with Crippen molar-refractivity contribution in [3.8, 4) is 5.75 Å². The molecule has 1 aliphatic carbocycles. The van der Waals surface area contributed by atoms with E-state index in [1.807, 2.05) is 7.05 Å². The molecule has 0 aliphatic heterocycles. The van der Waals surface area contributed by atoms with Crippen molar-refractivity contribution in [2.45, 2.75) is 64.4 Å². The van der Waals surface area contributed by atoms with Gasteiger partial charge in [-0.3, -0.25) is 0 Å². The second kappa shape index (κ2) is 5.77. The summed E-state index contributed by atoms with van der Waals surface area (Å²) in [5, 5.41) is 3.25. The summed E-state index contributed by atoms with van der Waals surface area (Å²) in [5.41, 5.74) is 2.82. The van der Waals surface area contributed by atoms with Gasteiger partial charge < -0.3 is 10.1 Å². The minimum atomic E-state index is 0.0677. The van der Waals surface area contributed by atoms with Crippen molar-refractivity contribution in [1.29, 1.82) is 0 Å². The summed E-state index contributed by atoms with van der Waals surface area (Å²) in [6.45, 7) is 9.96. The number of aryl methyl sites for hydroxylation is 1. The van der Waals surface area contributed by atoms with Gasteiger partial charge in [0.05, 0.1) is 0 Å². The minimum Gasteiger partial charge on any atom is -0.487 e. The van der Waals surface area contributed by atoms with E-state index in [0.29, 0.717) is 0 Å². The Labute approximate surface area is 123 Å². The fourth-order valence-corrected chi connectivity index (χ4v) is 2.88. The minimum absolute atomic E-state index is 0.0677. The average molecular weight is 275 g/mol. The molecule has 0 saturated heterocycles. The van der Waals surface area contributed by atoms with Gasteiger partial charge in [0.25, 0.3) is 0 Å². The van der Waals surface area contributed by atoms with Crippen LogP contribution in [0.2, 0.25) is 0 Å². The van der Waals surface area contributed by atoms with Crippen LogP contribution in [0, 0.1) is 6.92 Å². The normalized spacial score (nSPS) is 17.6. The van der Waals surface area contributed by atoms with Crippen LogP contribution in [0.25, 0.3) is 0 Å². The first-order valence-corrected chi connectivity index (χ1v) is 7.81. The Bertz CT molecular complexity index is 455. The van der Waals surface area contributed by atoms with Crippen molar-refractivity contribution in [2.24, 2.45) is 0 Å². The van der Waals surface area contributed by atoms with Crippen molar-refractivity contribution in [2.75, 3.05) is 13.6 Å². The third kappa shape index (κ3) is 3.35. The number of hydrogen-bond donors (Lipinski definition) is 1. The summed E-state index contributed by atoms with van der Waals surface area (Å²) in [6.07, 6.45) is 4.76. The molecule has 2 nitrogen and oxygen atoms in total. The second-order valence-corrected chi connectivity index (χ2v) is 7.24. The zero-order valence-electron chi connectivity index (χ0n) is 13.7. The first-order valence-electron chi connectivity index (χ1n) is 7.81. The van der Waals surface area contributed by atoms with Gasteiger partial charge in [-0.05, 0) is 63.2 Å². The molecule has 0 bridgehead atoms. The molecule has 1 saturated carbocycles. The van der Waals surface area contributed by atoms with E-state index in [1.54, 1.807) is 0 Å². The maximum absolute atomic E-state index is 6.51. The summed E-state index contributed by atoms with van der Waals surface area (Å²) in [7, 11) is 2.01. The lowest BCUT2D eigenvalue weighted by atomic mass is 9.77. The van der Waals surface area contributed by atoms with E-state index >= 15 is 0 Å². The van der Waals surface area contributed by atoms with Gasteiger partial charge in [-0.1, -0.05) is 38.5 Å². The third-order valence-electron chi connectivity index (χ3n) is 4.36. The van der Waals surface area contributed by atoms with Crippen LogP contribution in [0.5, 0.6) is 5.75 Å². The molecule has 112 valence electrons. The van der Waals surface area contributed by atoms with Crippen LogP contribution in [-0.2, 0) is 5.41 Å². The zero-order valence-corrected chi connectivity index (χ0v) is 13.7. The number of hydrogen-bond acceptors (Lipinski definition) is 2. The van der Waals surface area contributed by atoms with Crippen LogP contribution < -0.4 is 10.1 Å². The number of ether oxygens (including phenoxy) is 1. The van der Waals surface area contributed by atoms with Crippen LogP contribution in [0.4, 0.5) is 0 Å². The summed E-state index contributed by atoms with van der Waals surface area (Å²) in [5.74, 6) is 1.08. The molecule has 1 aliphatic rings. The fraction of sp³-hybridized carbons (Fsp3) is 0.667. The van der Waals surface area contributed by atoms with E-state index in [-0.39, 0.29) is 11.0 Å². The van der Waals surface area contributed by atoms with E-state index in [2.05, 4.69) is 51.2 Å². The van der Waals surface area contributed by atoms with Gasteiger partial charge in [-0.2, -0.15) is 0 Å². The second-order valence-electron chi connectivity index (χ2n) is 7.24. The molecule has 0 atom stereocenters. The molecule has 0 radical (unpaired) electrons. The van der Waals surface area contributed by atoms with E-state index in [4.69, 9.17) is 4.74 Å². The van der Waals surface area contributed by atoms with Crippen LogP contribution >= 0.6 is 0 Å². The van der Waals surface area contributed by atoms with Gasteiger partial charge in [0.2, 0.25) is 0 Å². The summed E-state index contributed by atoms with van der Waals surface area (Å²) in [6, 6.07) is 6.60. The maximum Gasteiger partial charge on any atom is 0.123 e. The van der Waals surface area contributed by atoms with E-state index in [9.17, 15) is 0 Å². The molecule has 1 aromatic rings. The summed E-state index contributed by atoms with van der Waals surface area (Å²) >= 11 is 0. The molecule has 2 heteroatoms. The van der Waals surface area contributed by atoms with Crippen molar-refractivity contribution in [3.63, 3.8) is 0 Å². The molecule has 0 spiro atoms. The molecule has 2 rings (SSSR count). The first kappa shape index (κ1) is 15.4. The standard InChI is InChI=1S/C18H29NO/c1-14-7-8-16(15(13-14)17(2,3)4)20-18(9-6-10-18)11-12-19-5/h7-8,13,19H,6,9-12H2,1-5H3. The first-order chi connectivity index (χ1) is 9.36. The third-order valence-corrected chi connectivity index (χ3v) is 4.36. The fourth-order valence-electron chi connectivity index (χ4n) is 2.88. The van der Waals surface area contributed by atoms with Crippen molar-refractivity contribution >= 4 is 0 Å². The lowest BCUT2D eigenvalue weighted by molar-refractivity contribution is -0.0152. The lowest BCUT2D eigenvalue weighted by Crippen LogP contribution is -2.45. The topological polar surface area (TPSA) is 21.3 Å². The summed E-state index contributed by atoms with van der Waals surface area (Å²) in [4.78, 5) is 0. The molecule has 1 aromatic carbocycles. The van der Waals surface area contributed by atoms with Crippen molar-refractivity contribution in [3.05, 3.63) is 29.3 Å². The Hall–Kier alpha value is -1.02. The van der Waals surface area contributed by atoms with Crippen LogP contribution in [0.15, 0.2) is 18.2 Å². The molecule has 0 aromatic heterocycles. The molecule has 0 unspecified atom stereocenters. The van der Waals surface area contributed by atoms with E-state index in [1.165, 1.54) is 30.4 Å². The average Bonchev–Trinajstić information content (AvgIpc) is 2.33. The monoisotopic (exact) mass is 275 g/mol. The van der Waals surface area contributed by atoms with Gasteiger partial charge in [0.15, 0.2) is 0 Å². The Morgan fingerprint density at radius 2 is 1.95 bits per heavy atom. The molecule has 0 amide bonds. The molecular weight excluding hydrogens is 246 g/mol. The van der Waals surface area contributed by atoms with Gasteiger partial charge in [-0.15, -0.1) is 0 Å². The molecule has 1 N–H and O–H groups in total. The Morgan fingerprint density at radius 1 is 1.25 bits per heavy atom. The highest BCUT2D eigenvalue weighted by atomic mass is 16.5. The molecule has 1 fully saturated rings. The predicted octanol–water partition coefficient (Wildman–Crippen LogP) is 4.20. The highest BCUT2D eigenvalue weighted by Gasteiger charge is 2.39. The van der Waals surface area contributed by atoms with Crippen molar-refractivity contribution < 1.29 is 4.74 Å². The Kier molecular flexibility index (Phi) is 4.43. The molecule has 20 heavy (non-hydrogen) atoms. The number of nitrogens with one attached hydrogen (secondary N) is 1. The largest absolute Gasteiger partial charge is 0.487 e.